The average molecular weight is 770 g/mol. The second kappa shape index (κ2) is 14.5. The Morgan fingerprint density at radius 1 is 0.417 bits per heavy atom. The lowest BCUT2D eigenvalue weighted by Crippen LogP contribution is -2.04. The van der Waals surface area contributed by atoms with E-state index < -0.39 is 0 Å². The van der Waals surface area contributed by atoms with E-state index in [1.807, 2.05) is 32.0 Å². The van der Waals surface area contributed by atoms with Crippen LogP contribution in [0.2, 0.25) is 0 Å². The van der Waals surface area contributed by atoms with Crippen molar-refractivity contribution < 1.29 is 4.42 Å². The van der Waals surface area contributed by atoms with Crippen LogP contribution in [0.25, 0.3) is 116 Å². The molecule has 0 bridgehead atoms. The molecule has 0 fully saturated rings. The number of para-hydroxylation sites is 4. The maximum absolute atomic E-state index is 6.44. The molecule has 0 N–H and O–H groups in total. The fourth-order valence-electron chi connectivity index (χ4n) is 8.96. The molecule has 284 valence electrons. The molecular formula is C56H39N3O. The lowest BCUT2D eigenvalue weighted by atomic mass is 9.94. The van der Waals surface area contributed by atoms with E-state index in [4.69, 9.17) is 14.4 Å². The van der Waals surface area contributed by atoms with Crippen molar-refractivity contribution in [1.82, 2.24) is 14.5 Å². The molecule has 0 aliphatic rings. The van der Waals surface area contributed by atoms with Crippen molar-refractivity contribution in [3.8, 4) is 50.6 Å². The van der Waals surface area contributed by atoms with Gasteiger partial charge in [-0.25, -0.2) is 9.97 Å². The third-order valence-corrected chi connectivity index (χ3v) is 11.6. The molecule has 3 heterocycles. The first-order valence-electron chi connectivity index (χ1n) is 20.7. The van der Waals surface area contributed by atoms with Gasteiger partial charge in [0.1, 0.15) is 11.2 Å². The van der Waals surface area contributed by atoms with Crippen molar-refractivity contribution in [3.63, 3.8) is 0 Å². The summed E-state index contributed by atoms with van der Waals surface area (Å²) >= 11 is 0. The Hall–Kier alpha value is -7.82. The molecule has 0 unspecified atom stereocenters. The van der Waals surface area contributed by atoms with E-state index in [1.165, 1.54) is 16.2 Å². The summed E-state index contributed by atoms with van der Waals surface area (Å²) in [5, 5.41) is 8.04. The number of rotatable bonds is 5. The molecule has 0 spiro atoms. The van der Waals surface area contributed by atoms with Crippen molar-refractivity contribution in [2.45, 2.75) is 13.8 Å². The van der Waals surface area contributed by atoms with E-state index in [1.54, 1.807) is 0 Å². The summed E-state index contributed by atoms with van der Waals surface area (Å²) in [5.41, 5.74) is 13.5. The smallest absolute Gasteiger partial charge is 0.235 e. The number of hydrogen-bond donors (Lipinski definition) is 0. The fourth-order valence-corrected chi connectivity index (χ4v) is 8.96. The highest BCUT2D eigenvalue weighted by Gasteiger charge is 2.22. The van der Waals surface area contributed by atoms with Gasteiger partial charge in [-0.3, -0.25) is 4.57 Å². The van der Waals surface area contributed by atoms with Crippen LogP contribution in [-0.4, -0.2) is 14.5 Å². The van der Waals surface area contributed by atoms with E-state index in [0.29, 0.717) is 5.95 Å². The van der Waals surface area contributed by atoms with E-state index in [9.17, 15) is 0 Å². The van der Waals surface area contributed by atoms with Crippen LogP contribution in [0, 0.1) is 0 Å². The van der Waals surface area contributed by atoms with Gasteiger partial charge >= 0.3 is 0 Å². The molecule has 12 rings (SSSR count). The van der Waals surface area contributed by atoms with Crippen molar-refractivity contribution in [3.05, 3.63) is 200 Å². The molecule has 0 aliphatic carbocycles. The van der Waals surface area contributed by atoms with Gasteiger partial charge in [-0.05, 0) is 63.4 Å². The highest BCUT2D eigenvalue weighted by molar-refractivity contribution is 6.23. The zero-order valence-electron chi connectivity index (χ0n) is 33.3. The quantitative estimate of drug-likeness (QED) is 0.175. The standard InChI is InChI=1S/C54H33N3O.C2H6/c1-2-15-35(16-3-1)51-45-23-6-8-28-47(45)55-54(56-51)57-48-31-30-34-14-4-5-21-40(34)50(48)46-27-12-24-41(52(46)57)38-19-10-17-36(32-38)37-18-11-20-39(33-37)42-25-13-26-44-43-22-7-9-29-49(43)58-53(42)44;1-2/h1-33H;1-2H3. The van der Waals surface area contributed by atoms with Gasteiger partial charge in [-0.2, -0.15) is 0 Å². The number of furan rings is 1. The van der Waals surface area contributed by atoms with Crippen LogP contribution < -0.4 is 0 Å². The lowest BCUT2D eigenvalue weighted by molar-refractivity contribution is 0.670. The van der Waals surface area contributed by atoms with E-state index >= 15 is 0 Å². The van der Waals surface area contributed by atoms with E-state index in [0.717, 1.165) is 93.9 Å². The fraction of sp³-hybridized carbons (Fsp3) is 0.0357. The molecule has 0 saturated carbocycles. The van der Waals surface area contributed by atoms with Crippen LogP contribution in [0.1, 0.15) is 13.8 Å². The third kappa shape index (κ3) is 5.68. The topological polar surface area (TPSA) is 43.9 Å². The van der Waals surface area contributed by atoms with Gasteiger partial charge in [0.15, 0.2) is 0 Å². The molecule has 9 aromatic carbocycles. The largest absolute Gasteiger partial charge is 0.455 e. The Morgan fingerprint density at radius 3 is 1.80 bits per heavy atom. The van der Waals surface area contributed by atoms with Crippen molar-refractivity contribution in [2.75, 3.05) is 0 Å². The summed E-state index contributed by atoms with van der Waals surface area (Å²) in [4.78, 5) is 10.7. The second-order valence-corrected chi connectivity index (χ2v) is 14.9. The van der Waals surface area contributed by atoms with Crippen molar-refractivity contribution in [1.29, 1.82) is 0 Å². The molecule has 0 amide bonds. The predicted molar refractivity (Wildman–Crippen MR) is 252 cm³/mol. The second-order valence-electron chi connectivity index (χ2n) is 14.9. The summed E-state index contributed by atoms with van der Waals surface area (Å²) in [6.45, 7) is 4.00. The monoisotopic (exact) mass is 769 g/mol. The van der Waals surface area contributed by atoms with E-state index in [2.05, 4.69) is 187 Å². The third-order valence-electron chi connectivity index (χ3n) is 11.6. The molecule has 0 atom stereocenters. The summed E-state index contributed by atoms with van der Waals surface area (Å²) in [6, 6.07) is 70.9. The maximum Gasteiger partial charge on any atom is 0.235 e. The number of benzene rings is 9. The van der Waals surface area contributed by atoms with Gasteiger partial charge in [-0.1, -0.05) is 184 Å². The Bertz CT molecular complexity index is 3580. The van der Waals surface area contributed by atoms with Crippen LogP contribution in [0.4, 0.5) is 0 Å². The van der Waals surface area contributed by atoms with Crippen molar-refractivity contribution in [2.24, 2.45) is 0 Å². The normalized spacial score (nSPS) is 11.5. The van der Waals surface area contributed by atoms with Crippen LogP contribution in [0.5, 0.6) is 0 Å². The Kier molecular flexibility index (Phi) is 8.56. The van der Waals surface area contributed by atoms with Gasteiger partial charge in [0.25, 0.3) is 0 Å². The van der Waals surface area contributed by atoms with Crippen molar-refractivity contribution >= 4 is 65.4 Å². The van der Waals surface area contributed by atoms with Gasteiger partial charge < -0.3 is 4.42 Å². The van der Waals surface area contributed by atoms with E-state index in [-0.39, 0.29) is 0 Å². The first kappa shape index (κ1) is 35.4. The lowest BCUT2D eigenvalue weighted by Gasteiger charge is -2.14. The summed E-state index contributed by atoms with van der Waals surface area (Å²) in [5.74, 6) is 0.643. The van der Waals surface area contributed by atoms with Crippen LogP contribution in [-0.2, 0) is 0 Å². The molecule has 60 heavy (non-hydrogen) atoms. The molecule has 12 aromatic rings. The minimum Gasteiger partial charge on any atom is -0.455 e. The summed E-state index contributed by atoms with van der Waals surface area (Å²) < 4.78 is 8.73. The highest BCUT2D eigenvalue weighted by Crippen LogP contribution is 2.43. The summed E-state index contributed by atoms with van der Waals surface area (Å²) in [6.07, 6.45) is 0. The van der Waals surface area contributed by atoms with Crippen LogP contribution >= 0.6 is 0 Å². The molecule has 0 radical (unpaired) electrons. The number of aromatic nitrogens is 3. The maximum atomic E-state index is 6.44. The Balaban J connectivity index is 0.00000201. The SMILES string of the molecule is CC.c1ccc(-c2nc(-n3c4ccc5ccccc5c4c4cccc(-c5cccc(-c6cccc(-c7cccc8c7oc7ccccc78)c6)c5)c43)nc3ccccc23)cc1. The zero-order chi connectivity index (χ0) is 40.2. The van der Waals surface area contributed by atoms with Gasteiger partial charge in [0.2, 0.25) is 5.95 Å². The van der Waals surface area contributed by atoms with Gasteiger partial charge in [-0.15, -0.1) is 0 Å². The van der Waals surface area contributed by atoms with Crippen LogP contribution in [0.15, 0.2) is 205 Å². The van der Waals surface area contributed by atoms with Crippen LogP contribution in [0.3, 0.4) is 0 Å². The molecule has 4 heteroatoms. The predicted octanol–water partition coefficient (Wildman–Crippen LogP) is 15.5. The molecular weight excluding hydrogens is 731 g/mol. The molecule has 4 nitrogen and oxygen atoms in total. The Labute approximate surface area is 347 Å². The first-order chi connectivity index (χ1) is 29.8. The Morgan fingerprint density at radius 2 is 1.00 bits per heavy atom. The average Bonchev–Trinajstić information content (AvgIpc) is 3.89. The van der Waals surface area contributed by atoms with Gasteiger partial charge in [0, 0.05) is 43.6 Å². The molecule has 3 aromatic heterocycles. The number of nitrogens with zero attached hydrogens (tertiary/aromatic N) is 3. The zero-order valence-corrected chi connectivity index (χ0v) is 33.3. The number of hydrogen-bond acceptors (Lipinski definition) is 3. The summed E-state index contributed by atoms with van der Waals surface area (Å²) in [7, 11) is 0. The minimum atomic E-state index is 0.643. The molecule has 0 saturated heterocycles. The molecule has 0 aliphatic heterocycles. The number of fused-ring (bicyclic) bond motifs is 9. The van der Waals surface area contributed by atoms with Gasteiger partial charge in [0.05, 0.1) is 22.2 Å². The first-order valence-corrected chi connectivity index (χ1v) is 20.7. The highest BCUT2D eigenvalue weighted by atomic mass is 16.3. The minimum absolute atomic E-state index is 0.643.